The van der Waals surface area contributed by atoms with E-state index in [1.165, 1.54) is 12.1 Å². The molecular formula is C24H22ClFN4O2. The van der Waals surface area contributed by atoms with Gasteiger partial charge < -0.3 is 9.64 Å². The third-order valence-electron chi connectivity index (χ3n) is 5.87. The SMILES string of the molecule is Cn1c(=O)c2ccc(-c3cc(N4CCOCC4)ncc3Cl)cc2n1Cc1cccc(F)c1. The molecular weight excluding hydrogens is 431 g/mol. The predicted octanol–water partition coefficient (Wildman–Crippen LogP) is 4.08. The Morgan fingerprint density at radius 3 is 2.72 bits per heavy atom. The molecule has 164 valence electrons. The van der Waals surface area contributed by atoms with E-state index in [1.807, 2.05) is 35.0 Å². The molecule has 0 N–H and O–H groups in total. The fourth-order valence-corrected chi connectivity index (χ4v) is 4.37. The molecule has 5 rings (SSSR count). The van der Waals surface area contributed by atoms with Gasteiger partial charge in [0, 0.05) is 31.9 Å². The van der Waals surface area contributed by atoms with E-state index in [2.05, 4.69) is 9.88 Å². The van der Waals surface area contributed by atoms with Crippen LogP contribution in [0.4, 0.5) is 10.2 Å². The summed E-state index contributed by atoms with van der Waals surface area (Å²) in [6, 6.07) is 14.1. The Morgan fingerprint density at radius 2 is 1.94 bits per heavy atom. The smallest absolute Gasteiger partial charge is 0.274 e. The number of morpholine rings is 1. The molecule has 6 nitrogen and oxygen atoms in total. The Labute approximate surface area is 189 Å². The zero-order valence-corrected chi connectivity index (χ0v) is 18.3. The Hall–Kier alpha value is -3.16. The molecule has 0 aliphatic carbocycles. The van der Waals surface area contributed by atoms with E-state index in [-0.39, 0.29) is 11.4 Å². The van der Waals surface area contributed by atoms with Crippen LogP contribution in [0.1, 0.15) is 5.56 Å². The largest absolute Gasteiger partial charge is 0.378 e. The lowest BCUT2D eigenvalue weighted by molar-refractivity contribution is 0.122. The van der Waals surface area contributed by atoms with Gasteiger partial charge in [-0.2, -0.15) is 0 Å². The zero-order chi connectivity index (χ0) is 22.2. The maximum absolute atomic E-state index is 13.7. The molecule has 0 atom stereocenters. The topological polar surface area (TPSA) is 52.3 Å². The molecule has 32 heavy (non-hydrogen) atoms. The Kier molecular flexibility index (Phi) is 5.45. The van der Waals surface area contributed by atoms with Crippen molar-refractivity contribution in [3.05, 3.63) is 81.5 Å². The molecule has 0 radical (unpaired) electrons. The van der Waals surface area contributed by atoms with E-state index < -0.39 is 0 Å². The lowest BCUT2D eigenvalue weighted by atomic mass is 10.0. The van der Waals surface area contributed by atoms with Crippen molar-refractivity contribution in [3.8, 4) is 11.1 Å². The number of ether oxygens (including phenoxy) is 1. The first-order valence-electron chi connectivity index (χ1n) is 10.4. The van der Waals surface area contributed by atoms with E-state index >= 15 is 0 Å². The predicted molar refractivity (Wildman–Crippen MR) is 124 cm³/mol. The van der Waals surface area contributed by atoms with Crippen molar-refractivity contribution in [2.24, 2.45) is 7.05 Å². The molecule has 0 unspecified atom stereocenters. The summed E-state index contributed by atoms with van der Waals surface area (Å²) in [5.41, 5.74) is 3.17. The van der Waals surface area contributed by atoms with Crippen molar-refractivity contribution >= 4 is 28.3 Å². The number of pyridine rings is 1. The van der Waals surface area contributed by atoms with E-state index in [9.17, 15) is 9.18 Å². The summed E-state index contributed by atoms with van der Waals surface area (Å²) >= 11 is 6.52. The van der Waals surface area contributed by atoms with Gasteiger partial charge in [0.2, 0.25) is 0 Å². The molecule has 0 saturated carbocycles. The lowest BCUT2D eigenvalue weighted by Crippen LogP contribution is -2.36. The Bertz CT molecular complexity index is 1360. The molecule has 1 aliphatic rings. The molecule has 0 spiro atoms. The number of rotatable bonds is 4. The second kappa shape index (κ2) is 8.41. The highest BCUT2D eigenvalue weighted by molar-refractivity contribution is 6.33. The van der Waals surface area contributed by atoms with Crippen LogP contribution in [0.5, 0.6) is 0 Å². The van der Waals surface area contributed by atoms with Crippen LogP contribution >= 0.6 is 11.6 Å². The molecule has 1 saturated heterocycles. The van der Waals surface area contributed by atoms with Crippen molar-refractivity contribution in [1.29, 1.82) is 0 Å². The first-order valence-corrected chi connectivity index (χ1v) is 10.8. The van der Waals surface area contributed by atoms with Crippen molar-refractivity contribution in [2.75, 3.05) is 31.2 Å². The highest BCUT2D eigenvalue weighted by atomic mass is 35.5. The van der Waals surface area contributed by atoms with Crippen molar-refractivity contribution in [2.45, 2.75) is 6.54 Å². The monoisotopic (exact) mass is 452 g/mol. The summed E-state index contributed by atoms with van der Waals surface area (Å²) in [4.78, 5) is 19.5. The van der Waals surface area contributed by atoms with Crippen LogP contribution in [0.3, 0.4) is 0 Å². The van der Waals surface area contributed by atoms with E-state index in [1.54, 1.807) is 24.0 Å². The molecule has 0 amide bonds. The molecule has 4 aromatic rings. The Morgan fingerprint density at radius 1 is 1.12 bits per heavy atom. The lowest BCUT2D eigenvalue weighted by Gasteiger charge is -2.28. The van der Waals surface area contributed by atoms with Gasteiger partial charge in [-0.05, 0) is 41.5 Å². The summed E-state index contributed by atoms with van der Waals surface area (Å²) in [5.74, 6) is 0.543. The summed E-state index contributed by atoms with van der Waals surface area (Å²) in [6.07, 6.45) is 1.66. The summed E-state index contributed by atoms with van der Waals surface area (Å²) in [5, 5.41) is 1.14. The third kappa shape index (κ3) is 3.78. The zero-order valence-electron chi connectivity index (χ0n) is 17.6. The van der Waals surface area contributed by atoms with Gasteiger partial charge in [0.25, 0.3) is 5.56 Å². The van der Waals surface area contributed by atoms with Crippen molar-refractivity contribution in [3.63, 3.8) is 0 Å². The molecule has 1 fully saturated rings. The van der Waals surface area contributed by atoms with Crippen LogP contribution in [-0.4, -0.2) is 40.7 Å². The van der Waals surface area contributed by atoms with Gasteiger partial charge in [-0.3, -0.25) is 14.2 Å². The quantitative estimate of drug-likeness (QED) is 0.468. The normalized spacial score (nSPS) is 14.3. The van der Waals surface area contributed by atoms with E-state index in [4.69, 9.17) is 16.3 Å². The minimum absolute atomic E-state index is 0.0993. The van der Waals surface area contributed by atoms with Crippen LogP contribution in [0.25, 0.3) is 22.0 Å². The van der Waals surface area contributed by atoms with E-state index in [0.717, 1.165) is 41.1 Å². The summed E-state index contributed by atoms with van der Waals surface area (Å²) < 4.78 is 22.6. The van der Waals surface area contributed by atoms with Crippen molar-refractivity contribution < 1.29 is 9.13 Å². The minimum Gasteiger partial charge on any atom is -0.378 e. The molecule has 0 bridgehead atoms. The first kappa shape index (κ1) is 20.7. The third-order valence-corrected chi connectivity index (χ3v) is 6.17. The maximum atomic E-state index is 13.7. The average Bonchev–Trinajstić information content (AvgIpc) is 3.04. The van der Waals surface area contributed by atoms with Gasteiger partial charge in [-0.15, -0.1) is 0 Å². The fourth-order valence-electron chi connectivity index (χ4n) is 4.15. The molecule has 1 aliphatic heterocycles. The average molecular weight is 453 g/mol. The van der Waals surface area contributed by atoms with Crippen LogP contribution in [0.15, 0.2) is 59.5 Å². The highest BCUT2D eigenvalue weighted by Crippen LogP contribution is 2.32. The number of nitrogens with zero attached hydrogens (tertiary/aromatic N) is 4. The maximum Gasteiger partial charge on any atom is 0.274 e. The molecule has 3 heterocycles. The Balaban J connectivity index is 1.59. The molecule has 2 aromatic heterocycles. The van der Waals surface area contributed by atoms with Gasteiger partial charge in [-0.25, -0.2) is 9.37 Å². The second-order valence-corrected chi connectivity index (χ2v) is 8.28. The molecule has 2 aromatic carbocycles. The number of halogens is 2. The number of aromatic nitrogens is 3. The number of hydrogen-bond donors (Lipinski definition) is 0. The van der Waals surface area contributed by atoms with Gasteiger partial charge >= 0.3 is 0 Å². The number of benzene rings is 2. The van der Waals surface area contributed by atoms with Gasteiger partial charge in [0.05, 0.1) is 35.7 Å². The first-order chi connectivity index (χ1) is 15.5. The van der Waals surface area contributed by atoms with Crippen molar-refractivity contribution in [1.82, 2.24) is 14.3 Å². The van der Waals surface area contributed by atoms with Crippen LogP contribution in [0.2, 0.25) is 5.02 Å². The highest BCUT2D eigenvalue weighted by Gasteiger charge is 2.17. The number of anilines is 1. The summed E-state index contributed by atoms with van der Waals surface area (Å²) in [6.45, 7) is 3.27. The second-order valence-electron chi connectivity index (χ2n) is 7.87. The van der Waals surface area contributed by atoms with Gasteiger partial charge in [0.1, 0.15) is 11.6 Å². The number of hydrogen-bond acceptors (Lipinski definition) is 4. The summed E-state index contributed by atoms with van der Waals surface area (Å²) in [7, 11) is 1.72. The van der Waals surface area contributed by atoms with E-state index in [0.29, 0.717) is 30.2 Å². The van der Waals surface area contributed by atoms with Gasteiger partial charge in [-0.1, -0.05) is 29.8 Å². The molecule has 8 heteroatoms. The van der Waals surface area contributed by atoms with Crippen LogP contribution in [-0.2, 0) is 18.3 Å². The fraction of sp³-hybridized carbons (Fsp3) is 0.250. The standard InChI is InChI=1S/C24H22ClFN4O2/c1-28-24(31)19-6-5-17(12-22(19)30(28)15-16-3-2-4-18(26)11-16)20-13-23(27-14-21(20)25)29-7-9-32-10-8-29/h2-6,11-14H,7-10,15H2,1H3. The number of fused-ring (bicyclic) bond motifs is 1. The van der Waals surface area contributed by atoms with Gasteiger partial charge in [0.15, 0.2) is 0 Å². The van der Waals surface area contributed by atoms with Crippen LogP contribution < -0.4 is 10.5 Å². The van der Waals surface area contributed by atoms with Crippen LogP contribution in [0, 0.1) is 5.82 Å². The minimum atomic E-state index is -0.302.